The maximum absolute atomic E-state index is 13.2. The zero-order chi connectivity index (χ0) is 25.8. The maximum Gasteiger partial charge on any atom is 0.316 e. The van der Waals surface area contributed by atoms with Crippen molar-refractivity contribution in [2.24, 2.45) is 29.6 Å². The second kappa shape index (κ2) is 8.87. The molecule has 1 saturated carbocycles. The Morgan fingerprint density at radius 1 is 0.973 bits per heavy atom. The Kier molecular flexibility index (Phi) is 5.62. The lowest BCUT2D eigenvalue weighted by atomic mass is 9.85. The van der Waals surface area contributed by atoms with Crippen LogP contribution < -0.4 is 19.3 Å². The summed E-state index contributed by atoms with van der Waals surface area (Å²) in [5.74, 6) is -0.907. The minimum Gasteiger partial charge on any atom is -0.492 e. The Morgan fingerprint density at radius 2 is 1.68 bits per heavy atom. The van der Waals surface area contributed by atoms with Gasteiger partial charge in [-0.2, -0.15) is 0 Å². The Labute approximate surface area is 214 Å². The first-order valence-electron chi connectivity index (χ1n) is 12.8. The van der Waals surface area contributed by atoms with Crippen LogP contribution >= 0.6 is 0 Å². The van der Waals surface area contributed by atoms with E-state index in [9.17, 15) is 19.2 Å². The molecule has 0 radical (unpaired) electrons. The van der Waals surface area contributed by atoms with E-state index in [2.05, 4.69) is 12.2 Å². The SMILES string of the molecule is CCOc1ccccc1N1C[C@H](C(=O)Oc2ccc(N3C(=O)[C@H]4[C@H](C3=O)[C@H]3C=C[C@H]4C3)c(C)c2)CC1=O. The molecule has 3 fully saturated rings. The first kappa shape index (κ1) is 23.5. The Balaban J connectivity index is 1.15. The number of benzene rings is 2. The molecule has 37 heavy (non-hydrogen) atoms. The van der Waals surface area contributed by atoms with Gasteiger partial charge in [-0.15, -0.1) is 0 Å². The molecule has 8 heteroatoms. The summed E-state index contributed by atoms with van der Waals surface area (Å²) in [7, 11) is 0. The number of ether oxygens (including phenoxy) is 2. The van der Waals surface area contributed by atoms with Crippen LogP contribution in [-0.4, -0.2) is 36.8 Å². The van der Waals surface area contributed by atoms with E-state index < -0.39 is 11.9 Å². The lowest BCUT2D eigenvalue weighted by Gasteiger charge is -2.20. The topological polar surface area (TPSA) is 93.2 Å². The van der Waals surface area contributed by atoms with E-state index in [1.54, 1.807) is 42.2 Å². The number of carbonyl (C=O) groups excluding carboxylic acids is 4. The predicted octanol–water partition coefficient (Wildman–Crippen LogP) is 3.66. The number of allylic oxidation sites excluding steroid dienone is 2. The summed E-state index contributed by atoms with van der Waals surface area (Å²) in [5.41, 5.74) is 1.83. The summed E-state index contributed by atoms with van der Waals surface area (Å²) in [4.78, 5) is 54.9. The maximum atomic E-state index is 13.2. The molecule has 0 aromatic heterocycles. The van der Waals surface area contributed by atoms with E-state index in [1.165, 1.54) is 4.90 Å². The number of carbonyl (C=O) groups is 4. The highest BCUT2D eigenvalue weighted by Gasteiger charge is 2.59. The molecular weight excluding hydrogens is 472 g/mol. The first-order valence-corrected chi connectivity index (χ1v) is 12.8. The van der Waals surface area contributed by atoms with Crippen molar-refractivity contribution >= 4 is 35.1 Å². The number of hydrogen-bond donors (Lipinski definition) is 0. The lowest BCUT2D eigenvalue weighted by molar-refractivity contribution is -0.139. The van der Waals surface area contributed by atoms with Crippen molar-refractivity contribution in [2.75, 3.05) is 23.0 Å². The number of esters is 1. The Hall–Kier alpha value is -3.94. The van der Waals surface area contributed by atoms with E-state index in [1.807, 2.05) is 19.1 Å². The van der Waals surface area contributed by atoms with Crippen molar-refractivity contribution in [3.8, 4) is 11.5 Å². The third-order valence-corrected chi connectivity index (χ3v) is 8.01. The molecule has 0 spiro atoms. The number of amides is 3. The monoisotopic (exact) mass is 500 g/mol. The number of imide groups is 1. The standard InChI is InChI=1S/C29H28N2O6/c1-3-36-23-7-5-4-6-22(23)30-15-19(14-24(30)32)29(35)37-20-10-11-21(16(2)12-20)31-27(33)25-17-8-9-18(13-17)26(25)28(31)34/h4-12,17-19,25-26H,3,13-15H2,1-2H3/t17-,18-,19+,25+,26+/m0/s1. The molecule has 2 bridgehead atoms. The van der Waals surface area contributed by atoms with Gasteiger partial charge in [-0.3, -0.25) is 19.2 Å². The fourth-order valence-electron chi connectivity index (χ4n) is 6.34. The van der Waals surface area contributed by atoms with Gasteiger partial charge in [-0.1, -0.05) is 24.3 Å². The van der Waals surface area contributed by atoms with Crippen molar-refractivity contribution < 1.29 is 28.7 Å². The van der Waals surface area contributed by atoms with Gasteiger partial charge in [0.15, 0.2) is 0 Å². The number of aryl methyl sites for hydroxylation is 1. The predicted molar refractivity (Wildman–Crippen MR) is 135 cm³/mol. The summed E-state index contributed by atoms with van der Waals surface area (Å²) in [6.07, 6.45) is 5.07. The molecule has 2 aromatic carbocycles. The van der Waals surface area contributed by atoms with Crippen LogP contribution in [0.4, 0.5) is 11.4 Å². The van der Waals surface area contributed by atoms with Crippen LogP contribution in [0.3, 0.4) is 0 Å². The van der Waals surface area contributed by atoms with Gasteiger partial charge < -0.3 is 14.4 Å². The molecule has 2 saturated heterocycles. The molecule has 4 aliphatic rings. The Morgan fingerprint density at radius 3 is 2.35 bits per heavy atom. The van der Waals surface area contributed by atoms with E-state index >= 15 is 0 Å². The molecule has 2 aliphatic carbocycles. The number of hydrogen-bond acceptors (Lipinski definition) is 6. The second-order valence-corrected chi connectivity index (χ2v) is 10.2. The quantitative estimate of drug-likeness (QED) is 0.260. The average Bonchev–Trinajstić information content (AvgIpc) is 3.64. The molecule has 0 N–H and O–H groups in total. The number of nitrogens with zero attached hydrogens (tertiary/aromatic N) is 2. The van der Waals surface area contributed by atoms with Crippen LogP contribution in [0, 0.1) is 36.5 Å². The second-order valence-electron chi connectivity index (χ2n) is 10.2. The molecule has 2 aromatic rings. The minimum atomic E-state index is -0.619. The van der Waals surface area contributed by atoms with Crippen LogP contribution in [0.15, 0.2) is 54.6 Å². The molecule has 6 rings (SSSR count). The summed E-state index contributed by atoms with van der Waals surface area (Å²) in [6.45, 7) is 4.33. The molecular formula is C29H28N2O6. The molecule has 8 nitrogen and oxygen atoms in total. The zero-order valence-corrected chi connectivity index (χ0v) is 20.8. The minimum absolute atomic E-state index is 0.0479. The van der Waals surface area contributed by atoms with E-state index in [0.29, 0.717) is 35.0 Å². The van der Waals surface area contributed by atoms with Crippen molar-refractivity contribution in [1.82, 2.24) is 0 Å². The van der Waals surface area contributed by atoms with Gasteiger partial charge >= 0.3 is 5.97 Å². The average molecular weight is 501 g/mol. The van der Waals surface area contributed by atoms with Gasteiger partial charge in [0.2, 0.25) is 17.7 Å². The Bertz CT molecular complexity index is 1320. The lowest BCUT2D eigenvalue weighted by Crippen LogP contribution is -2.33. The van der Waals surface area contributed by atoms with Gasteiger partial charge in [-0.05, 0) is 68.0 Å². The molecule has 5 atom stereocenters. The molecule has 190 valence electrons. The van der Waals surface area contributed by atoms with Crippen LogP contribution in [0.2, 0.25) is 0 Å². The van der Waals surface area contributed by atoms with E-state index in [0.717, 1.165) is 6.42 Å². The summed E-state index contributed by atoms with van der Waals surface area (Å²) >= 11 is 0. The number of anilines is 2. The molecule has 0 unspecified atom stereocenters. The van der Waals surface area contributed by atoms with Crippen molar-refractivity contribution in [1.29, 1.82) is 0 Å². The van der Waals surface area contributed by atoms with Gasteiger partial charge in [0, 0.05) is 13.0 Å². The summed E-state index contributed by atoms with van der Waals surface area (Å²) in [5, 5.41) is 0. The largest absolute Gasteiger partial charge is 0.492 e. The van der Waals surface area contributed by atoms with Gasteiger partial charge in [0.05, 0.1) is 35.7 Å². The van der Waals surface area contributed by atoms with Crippen molar-refractivity contribution in [3.05, 3.63) is 60.2 Å². The number of fused-ring (bicyclic) bond motifs is 5. The number of para-hydroxylation sites is 2. The number of rotatable bonds is 6. The summed E-state index contributed by atoms with van der Waals surface area (Å²) < 4.78 is 11.3. The highest BCUT2D eigenvalue weighted by atomic mass is 16.5. The highest BCUT2D eigenvalue weighted by Crippen LogP contribution is 2.53. The molecule has 2 heterocycles. The summed E-state index contributed by atoms with van der Waals surface area (Å²) in [6, 6.07) is 12.2. The highest BCUT2D eigenvalue weighted by molar-refractivity contribution is 6.23. The van der Waals surface area contributed by atoms with Crippen LogP contribution in [0.25, 0.3) is 0 Å². The van der Waals surface area contributed by atoms with Gasteiger partial charge in [0.1, 0.15) is 11.5 Å². The first-order chi connectivity index (χ1) is 17.9. The third kappa shape index (κ3) is 3.74. The van der Waals surface area contributed by atoms with E-state index in [4.69, 9.17) is 9.47 Å². The van der Waals surface area contributed by atoms with Crippen LogP contribution in [0.1, 0.15) is 25.3 Å². The fourth-order valence-corrected chi connectivity index (χ4v) is 6.34. The van der Waals surface area contributed by atoms with Crippen molar-refractivity contribution in [3.63, 3.8) is 0 Å². The normalized spacial score (nSPS) is 27.8. The zero-order valence-electron chi connectivity index (χ0n) is 20.8. The van der Waals surface area contributed by atoms with E-state index in [-0.39, 0.29) is 54.4 Å². The van der Waals surface area contributed by atoms with Crippen LogP contribution in [-0.2, 0) is 19.2 Å². The van der Waals surface area contributed by atoms with Crippen LogP contribution in [0.5, 0.6) is 11.5 Å². The van der Waals surface area contributed by atoms with Gasteiger partial charge in [-0.25, -0.2) is 4.90 Å². The van der Waals surface area contributed by atoms with Gasteiger partial charge in [0.25, 0.3) is 0 Å². The fraction of sp³-hybridized carbons (Fsp3) is 0.379. The third-order valence-electron chi connectivity index (χ3n) is 8.01. The molecule has 3 amide bonds. The molecule has 2 aliphatic heterocycles. The smallest absolute Gasteiger partial charge is 0.316 e. The van der Waals surface area contributed by atoms with Crippen molar-refractivity contribution in [2.45, 2.75) is 26.7 Å².